The van der Waals surface area contributed by atoms with Crippen LogP contribution in [0.25, 0.3) is 142 Å². The number of hydrogen-bond donors (Lipinski definition) is 0. The second-order valence-corrected chi connectivity index (χ2v) is 17.0. The third-order valence-electron chi connectivity index (χ3n) is 13.6. The van der Waals surface area contributed by atoms with E-state index in [2.05, 4.69) is 218 Å². The molecule has 14 rings (SSSR count). The summed E-state index contributed by atoms with van der Waals surface area (Å²) in [4.78, 5) is 0. The molecule has 0 N–H and O–H groups in total. The minimum atomic E-state index is 0.874. The molecule has 0 unspecified atom stereocenters. The lowest BCUT2D eigenvalue weighted by Gasteiger charge is -2.18. The Balaban J connectivity index is 0.981. The van der Waals surface area contributed by atoms with E-state index in [0.29, 0.717) is 0 Å². The zero-order valence-corrected chi connectivity index (χ0v) is 34.6. The van der Waals surface area contributed by atoms with Crippen molar-refractivity contribution in [2.24, 2.45) is 0 Å². The van der Waals surface area contributed by atoms with Gasteiger partial charge in [-0.05, 0) is 112 Å². The fourth-order valence-electron chi connectivity index (χ4n) is 10.9. The highest BCUT2D eigenvalue weighted by molar-refractivity contribution is 6.26. The van der Waals surface area contributed by atoms with E-state index >= 15 is 0 Å². The molecule has 14 aromatic rings. The van der Waals surface area contributed by atoms with Gasteiger partial charge in [0.15, 0.2) is 0 Å². The van der Waals surface area contributed by atoms with Crippen LogP contribution >= 0.6 is 0 Å². The summed E-state index contributed by atoms with van der Waals surface area (Å²) in [7, 11) is 0. The molecule has 0 aliphatic rings. The molecule has 0 aliphatic heterocycles. The van der Waals surface area contributed by atoms with Crippen LogP contribution in [0.4, 0.5) is 0 Å². The van der Waals surface area contributed by atoms with E-state index in [9.17, 15) is 0 Å². The van der Waals surface area contributed by atoms with Crippen LogP contribution < -0.4 is 0 Å². The van der Waals surface area contributed by atoms with Crippen LogP contribution in [-0.4, -0.2) is 0 Å². The van der Waals surface area contributed by atoms with Gasteiger partial charge in [0.25, 0.3) is 0 Å². The largest absolute Gasteiger partial charge is 0.455 e. The van der Waals surface area contributed by atoms with Crippen molar-refractivity contribution in [3.63, 3.8) is 0 Å². The molecular formula is C62H36O2. The molecule has 0 spiro atoms. The first-order valence-electron chi connectivity index (χ1n) is 22.0. The lowest BCUT2D eigenvalue weighted by Crippen LogP contribution is -1.91. The van der Waals surface area contributed by atoms with Crippen molar-refractivity contribution in [1.82, 2.24) is 0 Å². The Morgan fingerprint density at radius 3 is 1.16 bits per heavy atom. The van der Waals surface area contributed by atoms with E-state index in [1.807, 2.05) is 0 Å². The molecular weight excluding hydrogens is 777 g/mol. The third-order valence-corrected chi connectivity index (χ3v) is 13.6. The van der Waals surface area contributed by atoms with Gasteiger partial charge in [-0.2, -0.15) is 0 Å². The van der Waals surface area contributed by atoms with Gasteiger partial charge in [-0.15, -0.1) is 0 Å². The van der Waals surface area contributed by atoms with Gasteiger partial charge in [0.1, 0.15) is 22.3 Å². The van der Waals surface area contributed by atoms with Crippen molar-refractivity contribution >= 4 is 97.7 Å². The lowest BCUT2D eigenvalue weighted by molar-refractivity contribution is 0.670. The first-order chi connectivity index (χ1) is 31.8. The van der Waals surface area contributed by atoms with Gasteiger partial charge in [-0.3, -0.25) is 0 Å². The van der Waals surface area contributed by atoms with Crippen LogP contribution in [-0.2, 0) is 0 Å². The predicted octanol–water partition coefficient (Wildman–Crippen LogP) is 17.9. The molecule has 2 aromatic heterocycles. The maximum Gasteiger partial charge on any atom is 0.143 e. The van der Waals surface area contributed by atoms with E-state index in [1.54, 1.807) is 0 Å². The Kier molecular flexibility index (Phi) is 7.43. The summed E-state index contributed by atoms with van der Waals surface area (Å²) in [5.41, 5.74) is 13.1. The highest BCUT2D eigenvalue weighted by atomic mass is 16.3. The first kappa shape index (κ1) is 35.2. The summed E-state index contributed by atoms with van der Waals surface area (Å²) < 4.78 is 13.5. The van der Waals surface area contributed by atoms with E-state index in [0.717, 1.165) is 60.4 Å². The summed E-state index contributed by atoms with van der Waals surface area (Å²) in [5.74, 6) is 0. The maximum atomic E-state index is 6.97. The Labute approximate surface area is 367 Å². The average molecular weight is 813 g/mol. The van der Waals surface area contributed by atoms with Gasteiger partial charge in [-0.1, -0.05) is 188 Å². The number of para-hydroxylation sites is 1. The standard InChI is InChI=1S/C62H36O2/c1-2-16-38(17-3-1)57-46-23-10-12-25-48(46)60(49-26-13-11-24-47(49)57)52-28-14-27-50-53-35-39(30-33-55(53)64-62(50)52)58-42-19-6-8-21-44(42)59(45-22-9-7-20-43(45)58)40-31-34-56-54(36-40)51-32-29-37-15-4-5-18-41(37)61(51)63-56/h1-36H. The topological polar surface area (TPSA) is 26.3 Å². The Bertz CT molecular complexity index is 4130. The summed E-state index contributed by atoms with van der Waals surface area (Å²) in [6.07, 6.45) is 0. The second kappa shape index (κ2) is 13.5. The molecule has 2 heteroatoms. The van der Waals surface area contributed by atoms with Crippen molar-refractivity contribution in [2.75, 3.05) is 0 Å². The van der Waals surface area contributed by atoms with Crippen LogP contribution in [0, 0.1) is 0 Å². The van der Waals surface area contributed by atoms with E-state index in [4.69, 9.17) is 8.83 Å². The van der Waals surface area contributed by atoms with Crippen LogP contribution in [0.15, 0.2) is 227 Å². The summed E-state index contributed by atoms with van der Waals surface area (Å²) in [6.45, 7) is 0. The van der Waals surface area contributed by atoms with Crippen molar-refractivity contribution in [2.45, 2.75) is 0 Å². The zero-order valence-electron chi connectivity index (χ0n) is 34.6. The molecule has 2 nitrogen and oxygen atoms in total. The lowest BCUT2D eigenvalue weighted by atomic mass is 9.85. The van der Waals surface area contributed by atoms with E-state index < -0.39 is 0 Å². The van der Waals surface area contributed by atoms with Crippen LogP contribution in [0.5, 0.6) is 0 Å². The Morgan fingerprint density at radius 2 is 0.625 bits per heavy atom. The smallest absolute Gasteiger partial charge is 0.143 e. The van der Waals surface area contributed by atoms with Crippen LogP contribution in [0.3, 0.4) is 0 Å². The number of furan rings is 2. The molecule has 12 aromatic carbocycles. The van der Waals surface area contributed by atoms with Crippen molar-refractivity contribution in [3.05, 3.63) is 218 Å². The fourth-order valence-corrected chi connectivity index (χ4v) is 10.9. The molecule has 0 aliphatic carbocycles. The van der Waals surface area contributed by atoms with Crippen molar-refractivity contribution < 1.29 is 8.83 Å². The SMILES string of the molecule is c1ccc(-c2c3ccccc3c(-c3cccc4c3oc3ccc(-c5c6ccccc6c(-c6ccc7oc8c9ccccc9ccc8c7c6)c6ccccc56)cc34)c3ccccc23)cc1. The van der Waals surface area contributed by atoms with Gasteiger partial charge < -0.3 is 8.83 Å². The Morgan fingerprint density at radius 1 is 0.219 bits per heavy atom. The van der Waals surface area contributed by atoms with Crippen molar-refractivity contribution in [3.8, 4) is 44.5 Å². The average Bonchev–Trinajstić information content (AvgIpc) is 3.93. The maximum absolute atomic E-state index is 6.97. The molecule has 296 valence electrons. The normalized spacial score (nSPS) is 12.1. The number of benzene rings is 12. The molecule has 2 heterocycles. The molecule has 0 radical (unpaired) electrons. The van der Waals surface area contributed by atoms with Gasteiger partial charge in [0.2, 0.25) is 0 Å². The molecule has 0 bridgehead atoms. The molecule has 0 amide bonds. The van der Waals surface area contributed by atoms with Crippen LogP contribution in [0.2, 0.25) is 0 Å². The van der Waals surface area contributed by atoms with Gasteiger partial charge in [0.05, 0.1) is 0 Å². The highest BCUT2D eigenvalue weighted by Crippen LogP contribution is 2.49. The predicted molar refractivity (Wildman–Crippen MR) is 270 cm³/mol. The van der Waals surface area contributed by atoms with Gasteiger partial charge in [0, 0.05) is 38.1 Å². The monoisotopic (exact) mass is 812 g/mol. The first-order valence-corrected chi connectivity index (χ1v) is 22.0. The van der Waals surface area contributed by atoms with Crippen molar-refractivity contribution in [1.29, 1.82) is 0 Å². The summed E-state index contributed by atoms with van der Waals surface area (Å²) >= 11 is 0. The minimum absolute atomic E-state index is 0.874. The number of rotatable bonds is 4. The fraction of sp³-hybridized carbons (Fsp3) is 0. The molecule has 0 fully saturated rings. The molecule has 0 saturated heterocycles. The highest BCUT2D eigenvalue weighted by Gasteiger charge is 2.22. The summed E-state index contributed by atoms with van der Waals surface area (Å²) in [6, 6.07) is 79.2. The molecule has 0 atom stereocenters. The quantitative estimate of drug-likeness (QED) is 0.166. The third kappa shape index (κ3) is 5.02. The Hall–Kier alpha value is -8.46. The number of hydrogen-bond acceptors (Lipinski definition) is 2. The minimum Gasteiger partial charge on any atom is -0.455 e. The summed E-state index contributed by atoms with van der Waals surface area (Å²) in [5, 5.41) is 16.5. The molecule has 64 heavy (non-hydrogen) atoms. The van der Waals surface area contributed by atoms with Gasteiger partial charge in [-0.25, -0.2) is 0 Å². The molecule has 0 saturated carbocycles. The van der Waals surface area contributed by atoms with E-state index in [1.165, 1.54) is 81.9 Å². The van der Waals surface area contributed by atoms with Crippen LogP contribution in [0.1, 0.15) is 0 Å². The zero-order chi connectivity index (χ0) is 41.9. The second-order valence-electron chi connectivity index (χ2n) is 17.0. The van der Waals surface area contributed by atoms with Gasteiger partial charge >= 0.3 is 0 Å². The van der Waals surface area contributed by atoms with E-state index in [-0.39, 0.29) is 0 Å². The number of fused-ring (bicyclic) bond motifs is 12.